The van der Waals surface area contributed by atoms with E-state index in [-0.39, 0.29) is 5.75 Å². The largest absolute Gasteiger partial charge is 0.315 e. The molecule has 0 fully saturated rings. The van der Waals surface area contributed by atoms with Gasteiger partial charge in [-0.05, 0) is 24.5 Å². The first-order chi connectivity index (χ1) is 5.95. The summed E-state index contributed by atoms with van der Waals surface area (Å²) in [6, 6.07) is 0. The van der Waals surface area contributed by atoms with E-state index in [1.807, 2.05) is 0 Å². The predicted octanol–water partition coefficient (Wildman–Crippen LogP) is -0.136. The minimum Gasteiger partial charge on any atom is -0.315 e. The topological polar surface area (TPSA) is 72.2 Å². The number of nitrogens with one attached hydrogen (secondary N) is 1. The van der Waals surface area contributed by atoms with Crippen molar-refractivity contribution in [3.63, 3.8) is 0 Å². The zero-order valence-corrected chi connectivity index (χ0v) is 9.75. The van der Waals surface area contributed by atoms with E-state index >= 15 is 0 Å². The summed E-state index contributed by atoms with van der Waals surface area (Å²) < 4.78 is 21.1. The molecule has 1 atom stereocenters. The van der Waals surface area contributed by atoms with Crippen molar-refractivity contribution >= 4 is 21.8 Å². The Morgan fingerprint density at radius 3 is 2.62 bits per heavy atom. The van der Waals surface area contributed by atoms with Crippen LogP contribution in [0.15, 0.2) is 0 Å². The molecule has 6 heteroatoms. The van der Waals surface area contributed by atoms with E-state index in [4.69, 9.17) is 5.14 Å². The van der Waals surface area contributed by atoms with Gasteiger partial charge >= 0.3 is 0 Å². The molecule has 0 saturated heterocycles. The van der Waals surface area contributed by atoms with Gasteiger partial charge in [0, 0.05) is 6.54 Å². The average molecular weight is 226 g/mol. The van der Waals surface area contributed by atoms with E-state index < -0.39 is 10.0 Å². The third kappa shape index (κ3) is 10.1. The Labute approximate surface area is 84.7 Å². The van der Waals surface area contributed by atoms with Crippen LogP contribution in [-0.4, -0.2) is 39.3 Å². The number of hydrogen-bond donors (Lipinski definition) is 2. The summed E-state index contributed by atoms with van der Waals surface area (Å²) in [6.45, 7) is 3.41. The third-order valence-electron chi connectivity index (χ3n) is 1.51. The quantitative estimate of drug-likeness (QED) is 0.593. The summed E-state index contributed by atoms with van der Waals surface area (Å²) in [7, 11) is -3.30. The number of sulfonamides is 1. The van der Waals surface area contributed by atoms with Crippen LogP contribution in [0, 0.1) is 5.92 Å². The first-order valence-corrected chi connectivity index (χ1v) is 7.26. The molecule has 4 nitrogen and oxygen atoms in total. The van der Waals surface area contributed by atoms with Gasteiger partial charge in [0.05, 0.1) is 5.75 Å². The smallest absolute Gasteiger partial charge is 0.210 e. The first-order valence-electron chi connectivity index (χ1n) is 4.16. The zero-order valence-electron chi connectivity index (χ0n) is 8.12. The molecular formula is C7H18N2O2S2. The Hall–Kier alpha value is 0.220. The van der Waals surface area contributed by atoms with Crippen molar-refractivity contribution in [2.75, 3.05) is 30.9 Å². The van der Waals surface area contributed by atoms with Crippen LogP contribution < -0.4 is 10.5 Å². The van der Waals surface area contributed by atoms with Gasteiger partial charge in [-0.1, -0.05) is 6.92 Å². The fraction of sp³-hybridized carbons (Fsp3) is 1.00. The fourth-order valence-electron chi connectivity index (χ4n) is 0.906. The van der Waals surface area contributed by atoms with Crippen LogP contribution in [0.5, 0.6) is 0 Å². The molecule has 0 spiro atoms. The second-order valence-corrected chi connectivity index (χ2v) is 5.78. The predicted molar refractivity (Wildman–Crippen MR) is 58.4 cm³/mol. The zero-order chi connectivity index (χ0) is 10.3. The maximum Gasteiger partial charge on any atom is 0.210 e. The monoisotopic (exact) mass is 226 g/mol. The maximum absolute atomic E-state index is 10.5. The van der Waals surface area contributed by atoms with Gasteiger partial charge in [0.2, 0.25) is 10.0 Å². The van der Waals surface area contributed by atoms with Gasteiger partial charge < -0.3 is 5.32 Å². The summed E-state index contributed by atoms with van der Waals surface area (Å²) >= 11 is 1.79. The highest BCUT2D eigenvalue weighted by atomic mass is 32.2. The second kappa shape index (κ2) is 6.64. The summed E-state index contributed by atoms with van der Waals surface area (Å²) in [4.78, 5) is 0. The van der Waals surface area contributed by atoms with Crippen molar-refractivity contribution in [2.24, 2.45) is 11.1 Å². The average Bonchev–Trinajstić information content (AvgIpc) is 1.97. The molecule has 0 rings (SSSR count). The lowest BCUT2D eigenvalue weighted by molar-refractivity contribution is 0.563. The Morgan fingerprint density at radius 2 is 2.15 bits per heavy atom. The number of thioether (sulfide) groups is 1. The molecule has 0 aliphatic rings. The van der Waals surface area contributed by atoms with Crippen molar-refractivity contribution in [3.05, 3.63) is 0 Å². The lowest BCUT2D eigenvalue weighted by Gasteiger charge is -2.10. The van der Waals surface area contributed by atoms with Crippen LogP contribution in [0.3, 0.4) is 0 Å². The van der Waals surface area contributed by atoms with E-state index in [1.165, 1.54) is 0 Å². The summed E-state index contributed by atoms with van der Waals surface area (Å²) in [5.74, 6) is 1.66. The van der Waals surface area contributed by atoms with Gasteiger partial charge in [0.1, 0.15) is 0 Å². The van der Waals surface area contributed by atoms with Gasteiger partial charge in [-0.3, -0.25) is 0 Å². The number of rotatable bonds is 7. The summed E-state index contributed by atoms with van der Waals surface area (Å²) in [5, 5.41) is 7.89. The highest BCUT2D eigenvalue weighted by Gasteiger charge is 2.03. The minimum atomic E-state index is -3.30. The molecule has 0 radical (unpaired) electrons. The summed E-state index contributed by atoms with van der Waals surface area (Å²) in [5.41, 5.74) is 0. The molecule has 0 bridgehead atoms. The number of hydrogen-bond acceptors (Lipinski definition) is 4. The van der Waals surface area contributed by atoms with Crippen molar-refractivity contribution in [1.82, 2.24) is 5.32 Å². The number of primary sulfonamides is 1. The molecule has 80 valence electrons. The molecule has 0 heterocycles. The molecule has 0 aromatic carbocycles. The molecular weight excluding hydrogens is 208 g/mol. The van der Waals surface area contributed by atoms with Gasteiger partial charge in [0.15, 0.2) is 0 Å². The van der Waals surface area contributed by atoms with Crippen LogP contribution in [0.1, 0.15) is 6.92 Å². The Bertz CT molecular complexity index is 217. The highest BCUT2D eigenvalue weighted by molar-refractivity contribution is 7.98. The first kappa shape index (κ1) is 13.2. The Balaban J connectivity index is 3.36. The molecule has 0 saturated carbocycles. The Morgan fingerprint density at radius 1 is 1.54 bits per heavy atom. The van der Waals surface area contributed by atoms with Crippen LogP contribution >= 0.6 is 11.8 Å². The molecule has 0 aliphatic carbocycles. The van der Waals surface area contributed by atoms with Crippen LogP contribution in [-0.2, 0) is 10.0 Å². The van der Waals surface area contributed by atoms with Gasteiger partial charge in [-0.2, -0.15) is 11.8 Å². The number of nitrogens with two attached hydrogens (primary N) is 1. The fourth-order valence-corrected chi connectivity index (χ4v) is 2.02. The lowest BCUT2D eigenvalue weighted by atomic mass is 10.2. The van der Waals surface area contributed by atoms with Crippen molar-refractivity contribution < 1.29 is 8.42 Å². The third-order valence-corrected chi connectivity index (χ3v) is 3.18. The molecule has 0 aliphatic heterocycles. The van der Waals surface area contributed by atoms with Crippen molar-refractivity contribution in [2.45, 2.75) is 6.92 Å². The normalized spacial score (nSPS) is 14.4. The SMILES string of the molecule is CSCC(C)CNCCS(N)(=O)=O. The molecule has 0 aromatic rings. The van der Waals surface area contributed by atoms with Gasteiger partial charge in [-0.25, -0.2) is 13.6 Å². The molecule has 0 amide bonds. The molecule has 3 N–H and O–H groups in total. The van der Waals surface area contributed by atoms with Gasteiger partial charge in [0.25, 0.3) is 0 Å². The second-order valence-electron chi connectivity index (χ2n) is 3.13. The standard InChI is InChI=1S/C7H18N2O2S2/c1-7(6-12-2)5-9-3-4-13(8,10)11/h7,9H,3-6H2,1-2H3,(H2,8,10,11). The summed E-state index contributed by atoms with van der Waals surface area (Å²) in [6.07, 6.45) is 2.06. The molecule has 0 aromatic heterocycles. The Kier molecular flexibility index (Phi) is 6.75. The van der Waals surface area contributed by atoms with E-state index in [1.54, 1.807) is 11.8 Å². The van der Waals surface area contributed by atoms with E-state index in [0.717, 1.165) is 12.3 Å². The van der Waals surface area contributed by atoms with E-state index in [0.29, 0.717) is 12.5 Å². The lowest BCUT2D eigenvalue weighted by Crippen LogP contribution is -2.30. The van der Waals surface area contributed by atoms with Crippen LogP contribution in [0.25, 0.3) is 0 Å². The highest BCUT2D eigenvalue weighted by Crippen LogP contribution is 2.02. The van der Waals surface area contributed by atoms with E-state index in [2.05, 4.69) is 18.5 Å². The van der Waals surface area contributed by atoms with Gasteiger partial charge in [-0.15, -0.1) is 0 Å². The van der Waals surface area contributed by atoms with Crippen LogP contribution in [0.2, 0.25) is 0 Å². The maximum atomic E-state index is 10.5. The molecule has 1 unspecified atom stereocenters. The van der Waals surface area contributed by atoms with Crippen molar-refractivity contribution in [3.8, 4) is 0 Å². The molecule has 13 heavy (non-hydrogen) atoms. The van der Waals surface area contributed by atoms with E-state index in [9.17, 15) is 8.42 Å². The minimum absolute atomic E-state index is 0.0129. The van der Waals surface area contributed by atoms with Crippen LogP contribution in [0.4, 0.5) is 0 Å². The van der Waals surface area contributed by atoms with Crippen molar-refractivity contribution in [1.29, 1.82) is 0 Å².